The zero-order valence-corrected chi connectivity index (χ0v) is 22.1. The Labute approximate surface area is 234 Å². The van der Waals surface area contributed by atoms with Crippen LogP contribution in [0, 0.1) is 0 Å². The van der Waals surface area contributed by atoms with Crippen LogP contribution in [-0.2, 0) is 6.42 Å². The average molecular weight is 510 g/mol. The standard InChI is InChI=1S/C39H27N/c1-2-11-27(12-3-1)38-34-18-9-8-17-33(34)37(35-19-10-24-40-39(35)38)28-22-20-26(21-23-28)36-25-29-13-4-5-14-30(29)31-15-6-7-16-32(31)36/h1-6,8-15,17-25H,7,16H2. The molecule has 0 aliphatic heterocycles. The fourth-order valence-corrected chi connectivity index (χ4v) is 6.59. The van der Waals surface area contributed by atoms with Gasteiger partial charge in [0.25, 0.3) is 0 Å². The Balaban J connectivity index is 1.34. The van der Waals surface area contributed by atoms with Gasteiger partial charge in [-0.15, -0.1) is 0 Å². The second kappa shape index (κ2) is 9.32. The Kier molecular flexibility index (Phi) is 5.34. The predicted molar refractivity (Wildman–Crippen MR) is 170 cm³/mol. The lowest BCUT2D eigenvalue weighted by Crippen LogP contribution is -1.99. The minimum Gasteiger partial charge on any atom is -0.256 e. The summed E-state index contributed by atoms with van der Waals surface area (Å²) in [7, 11) is 0. The smallest absolute Gasteiger partial charge is 0.0792 e. The van der Waals surface area contributed by atoms with Crippen molar-refractivity contribution in [1.82, 2.24) is 4.98 Å². The van der Waals surface area contributed by atoms with Crippen molar-refractivity contribution < 1.29 is 0 Å². The minimum absolute atomic E-state index is 1.04. The van der Waals surface area contributed by atoms with E-state index in [1.807, 2.05) is 6.20 Å². The first-order valence-corrected chi connectivity index (χ1v) is 14.0. The molecule has 1 nitrogen and oxygen atoms in total. The highest BCUT2D eigenvalue weighted by Crippen LogP contribution is 2.43. The van der Waals surface area contributed by atoms with Crippen LogP contribution in [0.4, 0.5) is 0 Å². The van der Waals surface area contributed by atoms with E-state index in [1.54, 1.807) is 0 Å². The van der Waals surface area contributed by atoms with Gasteiger partial charge in [0.1, 0.15) is 0 Å². The van der Waals surface area contributed by atoms with Crippen molar-refractivity contribution in [3.63, 3.8) is 0 Å². The molecule has 40 heavy (non-hydrogen) atoms. The van der Waals surface area contributed by atoms with E-state index >= 15 is 0 Å². The zero-order valence-electron chi connectivity index (χ0n) is 22.1. The third-order valence-electron chi connectivity index (χ3n) is 8.37. The summed E-state index contributed by atoms with van der Waals surface area (Å²) >= 11 is 0. The van der Waals surface area contributed by atoms with E-state index in [0.717, 1.165) is 18.4 Å². The maximum Gasteiger partial charge on any atom is 0.0792 e. The van der Waals surface area contributed by atoms with E-state index in [9.17, 15) is 0 Å². The molecule has 0 amide bonds. The van der Waals surface area contributed by atoms with Crippen LogP contribution < -0.4 is 0 Å². The highest BCUT2D eigenvalue weighted by Gasteiger charge is 2.18. The van der Waals surface area contributed by atoms with Gasteiger partial charge in [0.15, 0.2) is 0 Å². The number of hydrogen-bond acceptors (Lipinski definition) is 1. The molecule has 0 saturated heterocycles. The van der Waals surface area contributed by atoms with E-state index in [-0.39, 0.29) is 0 Å². The third-order valence-corrected chi connectivity index (χ3v) is 8.37. The van der Waals surface area contributed by atoms with Crippen LogP contribution in [-0.4, -0.2) is 4.98 Å². The summed E-state index contributed by atoms with van der Waals surface area (Å²) in [6.07, 6.45) is 8.71. The monoisotopic (exact) mass is 509 g/mol. The highest BCUT2D eigenvalue weighted by molar-refractivity contribution is 6.20. The molecule has 0 saturated carbocycles. The maximum atomic E-state index is 4.93. The number of rotatable bonds is 3. The van der Waals surface area contributed by atoms with Crippen LogP contribution in [0.2, 0.25) is 0 Å². The number of hydrogen-bond donors (Lipinski definition) is 0. The quantitative estimate of drug-likeness (QED) is 0.216. The van der Waals surface area contributed by atoms with Crippen LogP contribution in [0.5, 0.6) is 0 Å². The Hall–Kier alpha value is -5.01. The van der Waals surface area contributed by atoms with Crippen molar-refractivity contribution in [3.05, 3.63) is 145 Å². The molecule has 6 aromatic carbocycles. The lowest BCUT2D eigenvalue weighted by molar-refractivity contribution is 0.992. The molecule has 0 unspecified atom stereocenters. The summed E-state index contributed by atoms with van der Waals surface area (Å²) in [5, 5.41) is 6.31. The predicted octanol–water partition coefficient (Wildman–Crippen LogP) is 10.5. The van der Waals surface area contributed by atoms with E-state index in [1.165, 1.54) is 71.4 Å². The van der Waals surface area contributed by atoms with Gasteiger partial charge in [-0.2, -0.15) is 0 Å². The summed E-state index contributed by atoms with van der Waals surface area (Å²) in [6.45, 7) is 0. The lowest BCUT2D eigenvalue weighted by Gasteiger charge is -2.20. The Morgan fingerprint density at radius 2 is 1.18 bits per heavy atom. The number of pyridine rings is 1. The van der Waals surface area contributed by atoms with Gasteiger partial charge < -0.3 is 0 Å². The normalized spacial score (nSPS) is 12.7. The lowest BCUT2D eigenvalue weighted by atomic mass is 9.84. The summed E-state index contributed by atoms with van der Waals surface area (Å²) in [5.74, 6) is 0. The van der Waals surface area contributed by atoms with Crippen LogP contribution in [0.1, 0.15) is 17.5 Å². The van der Waals surface area contributed by atoms with Crippen LogP contribution >= 0.6 is 0 Å². The van der Waals surface area contributed by atoms with Gasteiger partial charge in [-0.25, -0.2) is 0 Å². The Morgan fingerprint density at radius 3 is 2.00 bits per heavy atom. The van der Waals surface area contributed by atoms with Crippen molar-refractivity contribution in [1.29, 1.82) is 0 Å². The highest BCUT2D eigenvalue weighted by atomic mass is 14.7. The van der Waals surface area contributed by atoms with Crippen molar-refractivity contribution in [3.8, 4) is 33.4 Å². The van der Waals surface area contributed by atoms with Crippen molar-refractivity contribution in [2.24, 2.45) is 0 Å². The summed E-state index contributed by atoms with van der Waals surface area (Å²) < 4.78 is 0. The first-order valence-electron chi connectivity index (χ1n) is 14.0. The van der Waals surface area contributed by atoms with E-state index in [0.29, 0.717) is 0 Å². The molecule has 0 spiro atoms. The van der Waals surface area contributed by atoms with E-state index in [4.69, 9.17) is 4.98 Å². The Morgan fingerprint density at radius 1 is 0.525 bits per heavy atom. The maximum absolute atomic E-state index is 4.93. The SMILES string of the molecule is C1=Cc2c(c(-c3ccc(-c4c5ccccc5c(-c5ccccc5)c5ncccc45)cc3)cc3ccccc23)CC1. The zero-order chi connectivity index (χ0) is 26.5. The fourth-order valence-electron chi connectivity index (χ4n) is 6.59. The number of fused-ring (bicyclic) bond motifs is 5. The molecule has 1 heteroatoms. The fraction of sp³-hybridized carbons (Fsp3) is 0.0513. The molecule has 0 fully saturated rings. The molecular formula is C39H27N. The number of allylic oxidation sites excluding steroid dienone is 1. The molecular weight excluding hydrogens is 482 g/mol. The summed E-state index contributed by atoms with van der Waals surface area (Å²) in [4.78, 5) is 4.93. The molecule has 188 valence electrons. The van der Waals surface area contributed by atoms with E-state index < -0.39 is 0 Å². The largest absolute Gasteiger partial charge is 0.256 e. The van der Waals surface area contributed by atoms with Crippen molar-refractivity contribution in [2.45, 2.75) is 12.8 Å². The third kappa shape index (κ3) is 3.59. The molecule has 1 aliphatic rings. The van der Waals surface area contributed by atoms with Crippen LogP contribution in [0.15, 0.2) is 134 Å². The van der Waals surface area contributed by atoms with Crippen molar-refractivity contribution >= 4 is 38.5 Å². The Bertz CT molecular complexity index is 2030. The van der Waals surface area contributed by atoms with Gasteiger partial charge in [0.05, 0.1) is 5.52 Å². The molecule has 0 bridgehead atoms. The van der Waals surface area contributed by atoms with Gasteiger partial charge in [0.2, 0.25) is 0 Å². The number of aromatic nitrogens is 1. The van der Waals surface area contributed by atoms with E-state index in [2.05, 4.69) is 133 Å². The van der Waals surface area contributed by atoms with Crippen molar-refractivity contribution in [2.75, 3.05) is 0 Å². The molecule has 0 radical (unpaired) electrons. The molecule has 7 aromatic rings. The molecule has 0 atom stereocenters. The van der Waals surface area contributed by atoms with Gasteiger partial charge in [-0.3, -0.25) is 4.98 Å². The molecule has 8 rings (SSSR count). The molecule has 1 aromatic heterocycles. The molecule has 1 heterocycles. The van der Waals surface area contributed by atoms with Crippen LogP contribution in [0.3, 0.4) is 0 Å². The molecule has 0 N–H and O–H groups in total. The minimum atomic E-state index is 1.04. The average Bonchev–Trinajstić information content (AvgIpc) is 3.04. The van der Waals surface area contributed by atoms with Gasteiger partial charge in [-0.1, -0.05) is 121 Å². The second-order valence-corrected chi connectivity index (χ2v) is 10.6. The summed E-state index contributed by atoms with van der Waals surface area (Å²) in [5.41, 5.74) is 11.4. The van der Waals surface area contributed by atoms with Gasteiger partial charge in [0, 0.05) is 17.1 Å². The first-order chi connectivity index (χ1) is 19.9. The van der Waals surface area contributed by atoms with Crippen LogP contribution in [0.25, 0.3) is 71.9 Å². The van der Waals surface area contributed by atoms with Gasteiger partial charge in [-0.05, 0) is 85.5 Å². The number of nitrogens with zero attached hydrogens (tertiary/aromatic N) is 1. The second-order valence-electron chi connectivity index (χ2n) is 10.6. The number of benzene rings is 6. The summed E-state index contributed by atoms with van der Waals surface area (Å²) in [6, 6.07) is 44.0. The molecule has 1 aliphatic carbocycles. The first kappa shape index (κ1) is 22.9. The van der Waals surface area contributed by atoms with Gasteiger partial charge >= 0.3 is 0 Å². The topological polar surface area (TPSA) is 12.9 Å².